The number of ether oxygens (including phenoxy) is 2. The maximum absolute atomic E-state index is 11.9. The third-order valence-corrected chi connectivity index (χ3v) is 3.72. The van der Waals surface area contributed by atoms with E-state index in [-0.39, 0.29) is 18.4 Å². The first-order valence-corrected chi connectivity index (χ1v) is 8.71. The third-order valence-electron chi connectivity index (χ3n) is 3.47. The highest BCUT2D eigenvalue weighted by Crippen LogP contribution is 2.28. The molecule has 6 nitrogen and oxygen atoms in total. The van der Waals surface area contributed by atoms with Crippen molar-refractivity contribution in [1.29, 1.82) is 0 Å². The molecule has 2 amide bonds. The van der Waals surface area contributed by atoms with Gasteiger partial charge in [-0.15, -0.1) is 0 Å². The predicted molar refractivity (Wildman–Crippen MR) is 106 cm³/mol. The lowest BCUT2D eigenvalue weighted by atomic mass is 10.2. The lowest BCUT2D eigenvalue weighted by molar-refractivity contribution is -0.121. The number of hydrogen-bond donors (Lipinski definition) is 2. The van der Waals surface area contributed by atoms with Crippen LogP contribution in [0.1, 0.15) is 12.5 Å². The quantitative estimate of drug-likeness (QED) is 0.678. The molecule has 0 heterocycles. The number of anilines is 1. The minimum absolute atomic E-state index is 0.140. The Morgan fingerprint density at radius 3 is 2.52 bits per heavy atom. The standard InChI is InChI=1S/C20H21ClN2O4/c1-3-27-17-10-4-14(12-18(17)26-2)5-11-19(24)22-13-20(25)23-16-8-6-15(21)7-9-16/h4-12H,3,13H2,1-2H3,(H,22,24)(H,23,25)/b11-5+. The van der Waals surface area contributed by atoms with Crippen LogP contribution in [0.2, 0.25) is 5.02 Å². The van der Waals surface area contributed by atoms with Gasteiger partial charge in [-0.2, -0.15) is 0 Å². The zero-order chi connectivity index (χ0) is 19.6. The first-order valence-electron chi connectivity index (χ1n) is 8.34. The van der Waals surface area contributed by atoms with Gasteiger partial charge in [0, 0.05) is 16.8 Å². The molecule has 0 fully saturated rings. The van der Waals surface area contributed by atoms with Gasteiger partial charge in [0.1, 0.15) is 0 Å². The highest BCUT2D eigenvalue weighted by molar-refractivity contribution is 6.30. The number of benzene rings is 2. The second kappa shape index (κ2) is 10.2. The third kappa shape index (κ3) is 6.67. The van der Waals surface area contributed by atoms with Gasteiger partial charge in [-0.25, -0.2) is 0 Å². The van der Waals surface area contributed by atoms with Gasteiger partial charge in [0.15, 0.2) is 11.5 Å². The van der Waals surface area contributed by atoms with E-state index >= 15 is 0 Å². The van der Waals surface area contributed by atoms with E-state index < -0.39 is 0 Å². The highest BCUT2D eigenvalue weighted by atomic mass is 35.5. The van der Waals surface area contributed by atoms with E-state index in [1.807, 2.05) is 13.0 Å². The van der Waals surface area contributed by atoms with E-state index in [1.165, 1.54) is 6.08 Å². The Bertz CT molecular complexity index is 819. The molecule has 2 N–H and O–H groups in total. The van der Waals surface area contributed by atoms with Gasteiger partial charge >= 0.3 is 0 Å². The summed E-state index contributed by atoms with van der Waals surface area (Å²) in [5.41, 5.74) is 1.38. The van der Waals surface area contributed by atoms with Gasteiger partial charge in [-0.05, 0) is 55.0 Å². The van der Waals surface area contributed by atoms with Crippen molar-refractivity contribution < 1.29 is 19.1 Å². The van der Waals surface area contributed by atoms with E-state index in [4.69, 9.17) is 21.1 Å². The number of carbonyl (C=O) groups excluding carboxylic acids is 2. The van der Waals surface area contributed by atoms with Crippen molar-refractivity contribution in [3.05, 3.63) is 59.1 Å². The molecule has 0 atom stereocenters. The van der Waals surface area contributed by atoms with Crippen molar-refractivity contribution in [2.24, 2.45) is 0 Å². The molecule has 2 rings (SSSR count). The second-order valence-electron chi connectivity index (χ2n) is 5.45. The van der Waals surface area contributed by atoms with Crippen LogP contribution in [0.15, 0.2) is 48.5 Å². The van der Waals surface area contributed by atoms with Crippen molar-refractivity contribution in [3.8, 4) is 11.5 Å². The Kier molecular flexibility index (Phi) is 7.70. The Hall–Kier alpha value is -2.99. The number of amides is 2. The Balaban J connectivity index is 1.85. The molecular weight excluding hydrogens is 368 g/mol. The summed E-state index contributed by atoms with van der Waals surface area (Å²) < 4.78 is 10.7. The van der Waals surface area contributed by atoms with Crippen LogP contribution in [0.4, 0.5) is 5.69 Å². The largest absolute Gasteiger partial charge is 0.493 e. The Morgan fingerprint density at radius 1 is 1.11 bits per heavy atom. The molecule has 2 aromatic carbocycles. The van der Waals surface area contributed by atoms with Crippen LogP contribution in [-0.4, -0.2) is 32.1 Å². The number of nitrogens with one attached hydrogen (secondary N) is 2. The zero-order valence-electron chi connectivity index (χ0n) is 15.1. The molecule has 0 radical (unpaired) electrons. The molecule has 0 aliphatic heterocycles. The van der Waals surface area contributed by atoms with Crippen molar-refractivity contribution in [2.75, 3.05) is 25.6 Å². The molecule has 0 saturated carbocycles. The van der Waals surface area contributed by atoms with E-state index in [1.54, 1.807) is 49.6 Å². The van der Waals surface area contributed by atoms with Crippen LogP contribution in [0, 0.1) is 0 Å². The van der Waals surface area contributed by atoms with Crippen LogP contribution in [0.5, 0.6) is 11.5 Å². The summed E-state index contributed by atoms with van der Waals surface area (Å²) >= 11 is 5.79. The first-order chi connectivity index (χ1) is 13.0. The number of hydrogen-bond acceptors (Lipinski definition) is 4. The SMILES string of the molecule is CCOc1ccc(/C=C/C(=O)NCC(=O)Nc2ccc(Cl)cc2)cc1OC. The smallest absolute Gasteiger partial charge is 0.244 e. The predicted octanol–water partition coefficient (Wildman–Crippen LogP) is 3.52. The molecule has 2 aromatic rings. The molecule has 7 heteroatoms. The first kappa shape index (κ1) is 20.3. The van der Waals surface area contributed by atoms with Gasteiger partial charge in [0.2, 0.25) is 11.8 Å². The molecule has 0 bridgehead atoms. The minimum atomic E-state index is -0.380. The molecule has 0 unspecified atom stereocenters. The fourth-order valence-electron chi connectivity index (χ4n) is 2.20. The Labute approximate surface area is 163 Å². The van der Waals surface area contributed by atoms with Crippen LogP contribution in [0.25, 0.3) is 6.08 Å². The van der Waals surface area contributed by atoms with Crippen LogP contribution < -0.4 is 20.1 Å². The van der Waals surface area contributed by atoms with E-state index in [2.05, 4.69) is 10.6 Å². The molecule has 0 aliphatic carbocycles. The fourth-order valence-corrected chi connectivity index (χ4v) is 2.33. The number of carbonyl (C=O) groups is 2. The van der Waals surface area contributed by atoms with Crippen molar-refractivity contribution in [1.82, 2.24) is 5.32 Å². The fraction of sp³-hybridized carbons (Fsp3) is 0.200. The highest BCUT2D eigenvalue weighted by Gasteiger charge is 2.06. The van der Waals surface area contributed by atoms with Gasteiger partial charge in [0.25, 0.3) is 0 Å². The summed E-state index contributed by atoms with van der Waals surface area (Å²) in [6, 6.07) is 12.1. The maximum Gasteiger partial charge on any atom is 0.244 e. The van der Waals surface area contributed by atoms with E-state index in [0.29, 0.717) is 28.8 Å². The van der Waals surface area contributed by atoms with Crippen LogP contribution >= 0.6 is 11.6 Å². The minimum Gasteiger partial charge on any atom is -0.493 e. The topological polar surface area (TPSA) is 76.7 Å². The number of rotatable bonds is 8. The normalized spacial score (nSPS) is 10.5. The molecule has 0 saturated heterocycles. The van der Waals surface area contributed by atoms with Gasteiger partial charge < -0.3 is 20.1 Å². The van der Waals surface area contributed by atoms with E-state index in [0.717, 1.165) is 5.56 Å². The Morgan fingerprint density at radius 2 is 1.85 bits per heavy atom. The van der Waals surface area contributed by atoms with Gasteiger partial charge in [-0.1, -0.05) is 17.7 Å². The zero-order valence-corrected chi connectivity index (χ0v) is 15.9. The summed E-state index contributed by atoms with van der Waals surface area (Å²) in [4.78, 5) is 23.7. The second-order valence-corrected chi connectivity index (χ2v) is 5.89. The van der Waals surface area contributed by atoms with Crippen molar-refractivity contribution >= 4 is 35.2 Å². The average Bonchev–Trinajstić information content (AvgIpc) is 2.67. The molecule has 27 heavy (non-hydrogen) atoms. The lowest BCUT2D eigenvalue weighted by Crippen LogP contribution is -2.31. The number of methoxy groups -OCH3 is 1. The summed E-state index contributed by atoms with van der Waals surface area (Å²) in [7, 11) is 1.55. The van der Waals surface area contributed by atoms with Gasteiger partial charge in [0.05, 0.1) is 20.3 Å². The van der Waals surface area contributed by atoms with Crippen LogP contribution in [0.3, 0.4) is 0 Å². The van der Waals surface area contributed by atoms with E-state index in [9.17, 15) is 9.59 Å². The van der Waals surface area contributed by atoms with Crippen molar-refractivity contribution in [2.45, 2.75) is 6.92 Å². The lowest BCUT2D eigenvalue weighted by Gasteiger charge is -2.09. The molecule has 0 spiro atoms. The number of halogens is 1. The monoisotopic (exact) mass is 388 g/mol. The maximum atomic E-state index is 11.9. The van der Waals surface area contributed by atoms with Crippen LogP contribution in [-0.2, 0) is 9.59 Å². The summed E-state index contributed by atoms with van der Waals surface area (Å²) in [6.07, 6.45) is 2.98. The van der Waals surface area contributed by atoms with Gasteiger partial charge in [-0.3, -0.25) is 9.59 Å². The summed E-state index contributed by atoms with van der Waals surface area (Å²) in [5.74, 6) is 0.512. The summed E-state index contributed by atoms with van der Waals surface area (Å²) in [5, 5.41) is 5.77. The van der Waals surface area contributed by atoms with Crippen molar-refractivity contribution in [3.63, 3.8) is 0 Å². The molecule has 0 aromatic heterocycles. The molecular formula is C20H21ClN2O4. The molecule has 0 aliphatic rings. The molecule has 142 valence electrons. The average molecular weight is 389 g/mol. The summed E-state index contributed by atoms with van der Waals surface area (Å²) in [6.45, 7) is 2.28.